The molecule has 0 aliphatic carbocycles. The van der Waals surface area contributed by atoms with Crippen molar-refractivity contribution < 1.29 is 22.9 Å². The van der Waals surface area contributed by atoms with Crippen LogP contribution < -0.4 is 5.32 Å². The summed E-state index contributed by atoms with van der Waals surface area (Å²) in [7, 11) is -4.36. The van der Waals surface area contributed by atoms with Gasteiger partial charge in [-0.3, -0.25) is 9.35 Å². The number of hydrogen-bond donors (Lipinski definition) is 3. The molecule has 0 aromatic heterocycles. The molecule has 1 amide bonds. The minimum atomic E-state index is -4.36. The lowest BCUT2D eigenvalue weighted by Gasteiger charge is -2.21. The Balaban J connectivity index is 4.03. The lowest BCUT2D eigenvalue weighted by atomic mass is 10.1. The Kier molecular flexibility index (Phi) is 35.4. The van der Waals surface area contributed by atoms with Crippen molar-refractivity contribution >= 4 is 16.0 Å². The second-order valence-electron chi connectivity index (χ2n) is 13.9. The minimum absolute atomic E-state index is 0.273. The maximum absolute atomic E-state index is 12.5. The lowest BCUT2D eigenvalue weighted by molar-refractivity contribution is -0.122. The number of amides is 1. The summed E-state index contributed by atoms with van der Waals surface area (Å²) in [6.45, 7) is 4.49. The van der Waals surface area contributed by atoms with E-state index in [1.807, 2.05) is 0 Å². The molecule has 0 fully saturated rings. The predicted molar refractivity (Wildman–Crippen MR) is 216 cm³/mol. The summed E-state index contributed by atoms with van der Waals surface area (Å²) in [6.07, 6.45) is 50.6. The number of carbonyl (C=O) groups is 1. The van der Waals surface area contributed by atoms with E-state index in [4.69, 9.17) is 0 Å². The van der Waals surface area contributed by atoms with Crippen LogP contribution in [0.4, 0.5) is 0 Å². The van der Waals surface area contributed by atoms with Crippen LogP contribution in [0.3, 0.4) is 0 Å². The molecule has 2 unspecified atom stereocenters. The first-order valence-corrected chi connectivity index (χ1v) is 22.1. The summed E-state index contributed by atoms with van der Waals surface area (Å²) in [5, 5.41) is 13.2. The number of aliphatic hydroxyl groups is 1. The molecule has 0 aromatic rings. The Bertz CT molecular complexity index is 1010. The Morgan fingerprint density at radius 1 is 0.540 bits per heavy atom. The van der Waals surface area contributed by atoms with E-state index in [9.17, 15) is 22.9 Å². The van der Waals surface area contributed by atoms with E-state index in [-0.39, 0.29) is 12.3 Å². The maximum atomic E-state index is 12.5. The number of aliphatic hydroxyl groups excluding tert-OH is 1. The van der Waals surface area contributed by atoms with Crippen molar-refractivity contribution in [3.63, 3.8) is 0 Å². The van der Waals surface area contributed by atoms with Gasteiger partial charge in [0.25, 0.3) is 10.1 Å². The number of allylic oxidation sites excluding steroid dienone is 9. The van der Waals surface area contributed by atoms with Gasteiger partial charge in [0.2, 0.25) is 5.91 Å². The van der Waals surface area contributed by atoms with Gasteiger partial charge in [-0.15, -0.1) is 0 Å². The Morgan fingerprint density at radius 3 is 1.40 bits per heavy atom. The lowest BCUT2D eigenvalue weighted by Crippen LogP contribution is -2.46. The van der Waals surface area contributed by atoms with Crippen molar-refractivity contribution in [2.75, 3.05) is 5.75 Å². The summed E-state index contributed by atoms with van der Waals surface area (Å²) >= 11 is 0. The van der Waals surface area contributed by atoms with Gasteiger partial charge in [-0.2, -0.15) is 8.42 Å². The molecule has 0 heterocycles. The first kappa shape index (κ1) is 48.0. The van der Waals surface area contributed by atoms with Crippen molar-refractivity contribution in [2.45, 2.75) is 199 Å². The zero-order valence-electron chi connectivity index (χ0n) is 32.3. The van der Waals surface area contributed by atoms with Gasteiger partial charge >= 0.3 is 0 Å². The highest BCUT2D eigenvalue weighted by Crippen LogP contribution is 2.12. The van der Waals surface area contributed by atoms with Gasteiger partial charge in [-0.05, 0) is 77.0 Å². The van der Waals surface area contributed by atoms with E-state index in [1.54, 1.807) is 6.08 Å². The summed E-state index contributed by atoms with van der Waals surface area (Å²) in [5.41, 5.74) is 0. The molecule has 50 heavy (non-hydrogen) atoms. The predicted octanol–water partition coefficient (Wildman–Crippen LogP) is 12.1. The van der Waals surface area contributed by atoms with E-state index >= 15 is 0 Å². The highest BCUT2D eigenvalue weighted by molar-refractivity contribution is 7.85. The van der Waals surface area contributed by atoms with Crippen LogP contribution in [0, 0.1) is 0 Å². The van der Waals surface area contributed by atoms with Crippen LogP contribution in [0.2, 0.25) is 0 Å². The molecule has 0 aliphatic rings. The van der Waals surface area contributed by atoms with E-state index in [0.29, 0.717) is 12.8 Å². The molecule has 0 saturated carbocycles. The van der Waals surface area contributed by atoms with Crippen molar-refractivity contribution in [3.05, 3.63) is 60.8 Å². The molecular formula is C43H77NO5S. The molecule has 0 aliphatic heterocycles. The fraction of sp³-hybridized carbons (Fsp3) is 0.744. The zero-order chi connectivity index (χ0) is 36.8. The number of unbranched alkanes of at least 4 members (excludes halogenated alkanes) is 20. The van der Waals surface area contributed by atoms with E-state index in [1.165, 1.54) is 109 Å². The minimum Gasteiger partial charge on any atom is -0.387 e. The third-order valence-electron chi connectivity index (χ3n) is 8.89. The van der Waals surface area contributed by atoms with Crippen LogP contribution in [0.15, 0.2) is 60.8 Å². The maximum Gasteiger partial charge on any atom is 0.267 e. The van der Waals surface area contributed by atoms with Gasteiger partial charge in [0, 0.05) is 6.42 Å². The molecule has 0 bridgehead atoms. The molecule has 6 nitrogen and oxygen atoms in total. The summed E-state index contributed by atoms with van der Waals surface area (Å²) in [4.78, 5) is 12.5. The largest absolute Gasteiger partial charge is 0.387 e. The van der Waals surface area contributed by atoms with E-state index in [2.05, 4.69) is 67.8 Å². The van der Waals surface area contributed by atoms with Crippen molar-refractivity contribution in [3.8, 4) is 0 Å². The smallest absolute Gasteiger partial charge is 0.267 e. The number of nitrogens with one attached hydrogen (secondary N) is 1. The van der Waals surface area contributed by atoms with Crippen LogP contribution in [0.25, 0.3) is 0 Å². The second kappa shape index (κ2) is 36.8. The molecular weight excluding hydrogens is 643 g/mol. The van der Waals surface area contributed by atoms with Gasteiger partial charge < -0.3 is 10.4 Å². The third kappa shape index (κ3) is 37.3. The van der Waals surface area contributed by atoms with Crippen LogP contribution >= 0.6 is 0 Å². The highest BCUT2D eigenvalue weighted by atomic mass is 32.2. The van der Waals surface area contributed by atoms with Crippen LogP contribution in [0.1, 0.15) is 187 Å². The van der Waals surface area contributed by atoms with Gasteiger partial charge in [0.15, 0.2) is 0 Å². The first-order chi connectivity index (χ1) is 24.3. The average Bonchev–Trinajstić information content (AvgIpc) is 3.08. The average molecular weight is 720 g/mol. The SMILES string of the molecule is CCCCCC/C=C\C/C=C\CCCCCCCCCC(=O)NC(CS(=O)(=O)O)C(O)/C=C/CC/C=C/CC/C=C/CCCCCCCCC. The highest BCUT2D eigenvalue weighted by Gasteiger charge is 2.24. The number of carbonyl (C=O) groups excluding carboxylic acids is 1. The zero-order valence-corrected chi connectivity index (χ0v) is 33.1. The molecule has 7 heteroatoms. The number of hydrogen-bond acceptors (Lipinski definition) is 4. The molecule has 0 aromatic carbocycles. The molecule has 0 radical (unpaired) electrons. The van der Waals surface area contributed by atoms with Gasteiger partial charge in [0.05, 0.1) is 17.9 Å². The Morgan fingerprint density at radius 2 is 0.920 bits per heavy atom. The normalized spacial score (nSPS) is 13.9. The van der Waals surface area contributed by atoms with E-state index < -0.39 is 28.0 Å². The van der Waals surface area contributed by atoms with E-state index in [0.717, 1.165) is 51.4 Å². The van der Waals surface area contributed by atoms with Crippen molar-refractivity contribution in [1.29, 1.82) is 0 Å². The fourth-order valence-electron chi connectivity index (χ4n) is 5.80. The summed E-state index contributed by atoms with van der Waals surface area (Å²) in [6, 6.07) is -1.09. The third-order valence-corrected chi connectivity index (χ3v) is 9.67. The molecule has 0 rings (SSSR count). The summed E-state index contributed by atoms with van der Waals surface area (Å²) in [5.74, 6) is -1.02. The number of rotatable bonds is 36. The van der Waals surface area contributed by atoms with Gasteiger partial charge in [-0.25, -0.2) is 0 Å². The standard InChI is InChI=1S/C43H77NO5S/c1-3-5-7-9-11-13-15-17-19-21-23-25-27-29-31-33-35-37-39-43(46)44-41(40-50(47,48)49)42(45)38-36-34-32-30-28-26-24-22-20-18-16-14-12-10-8-6-4-2/h13,15,19-22,28,30,36,38,41-42,45H,3-12,14,16-18,23-27,29,31-35,37,39-40H2,1-2H3,(H,44,46)(H,47,48,49)/b15-13-,21-19-,22-20+,30-28+,38-36+. The van der Waals surface area contributed by atoms with Crippen LogP contribution in [0.5, 0.6) is 0 Å². The Hall–Kier alpha value is -1.96. The molecule has 290 valence electrons. The van der Waals surface area contributed by atoms with Gasteiger partial charge in [0.1, 0.15) is 0 Å². The Labute approximate surface area is 309 Å². The van der Waals surface area contributed by atoms with Crippen molar-refractivity contribution in [1.82, 2.24) is 5.32 Å². The summed E-state index contributed by atoms with van der Waals surface area (Å²) < 4.78 is 32.5. The fourth-order valence-corrected chi connectivity index (χ4v) is 6.54. The first-order valence-electron chi connectivity index (χ1n) is 20.5. The topological polar surface area (TPSA) is 104 Å². The monoisotopic (exact) mass is 720 g/mol. The van der Waals surface area contributed by atoms with Crippen LogP contribution in [-0.2, 0) is 14.9 Å². The van der Waals surface area contributed by atoms with Crippen LogP contribution in [-0.4, -0.2) is 41.9 Å². The van der Waals surface area contributed by atoms with Gasteiger partial charge in [-0.1, -0.05) is 164 Å². The molecule has 2 atom stereocenters. The van der Waals surface area contributed by atoms with Crippen molar-refractivity contribution in [2.24, 2.45) is 0 Å². The second-order valence-corrected chi connectivity index (χ2v) is 15.4. The quantitative estimate of drug-likeness (QED) is 0.0340. The molecule has 3 N–H and O–H groups in total. The molecule has 0 saturated heterocycles. The molecule has 0 spiro atoms.